The third kappa shape index (κ3) is 13.4. The van der Waals surface area contributed by atoms with Crippen molar-refractivity contribution >= 4 is 67.7 Å². The first kappa shape index (κ1) is 61.7. The minimum absolute atomic E-state index is 0.148. The summed E-state index contributed by atoms with van der Waals surface area (Å²) in [6, 6.07) is 24.5. The van der Waals surface area contributed by atoms with Crippen molar-refractivity contribution < 1.29 is 39.5 Å². The number of imidazole rings is 2. The Bertz CT molecular complexity index is 4400. The lowest BCUT2D eigenvalue weighted by molar-refractivity contribution is -0.149. The zero-order chi connectivity index (χ0) is 65.0. The highest BCUT2D eigenvalue weighted by Crippen LogP contribution is 2.41. The number of carboxylic acid groups (broad SMARTS) is 1. The predicted octanol–water partition coefficient (Wildman–Crippen LogP) is 9.98. The Morgan fingerprint density at radius 3 is 1.37 bits per heavy atom. The Balaban J connectivity index is 0.000000165. The van der Waals surface area contributed by atoms with Crippen molar-refractivity contribution in [3.05, 3.63) is 154 Å². The molecule has 26 heteroatoms. The van der Waals surface area contributed by atoms with E-state index in [2.05, 4.69) is 44.3 Å². The Labute approximate surface area is 530 Å². The van der Waals surface area contributed by atoms with E-state index in [0.717, 1.165) is 94.2 Å². The third-order valence-corrected chi connectivity index (χ3v) is 18.3. The minimum atomic E-state index is -1.33. The van der Waals surface area contributed by atoms with Gasteiger partial charge in [0.15, 0.2) is 15.9 Å². The molecule has 4 fully saturated rings. The SMILES string of the molecule is CCc1nc2ccc(-c3cnc(CC4CN(C(=O)C5(O)CC5)C4)nc3)cn2c1N(C)c1nc(-c2ccc(F)cc2)c(C#N)s1.CCc1nc2ccc(-c3cnc(CC4CNC4)nc3)cn2c1N(C)c1nc(-c2ccc(F)cc2)c(C#N)s1.O=C(O)C1(O)CC1.[2H]CF. The molecule has 1 amide bonds. The molecular formula is C65H63F3N16O5S2. The number of halogens is 3. The number of nitrogens with one attached hydrogen (secondary N) is 1. The first-order chi connectivity index (χ1) is 44.4. The van der Waals surface area contributed by atoms with Crippen LogP contribution in [0.25, 0.3) is 56.1 Å². The van der Waals surface area contributed by atoms with Crippen LogP contribution in [0.4, 0.5) is 35.1 Å². The van der Waals surface area contributed by atoms with Crippen molar-refractivity contribution in [1.29, 1.82) is 10.5 Å². The number of hydrogen-bond donors (Lipinski definition) is 4. The van der Waals surface area contributed by atoms with E-state index in [-0.39, 0.29) is 23.5 Å². The number of carbonyl (C=O) groups excluding carboxylic acids is 1. The van der Waals surface area contributed by atoms with Crippen LogP contribution in [0, 0.1) is 46.1 Å². The first-order valence-corrected chi connectivity index (χ1v) is 31.0. The summed E-state index contributed by atoms with van der Waals surface area (Å²) in [7, 11) is 2.83. The topological polar surface area (TPSA) is 276 Å². The van der Waals surface area contributed by atoms with E-state index in [1.807, 2.05) is 101 Å². The number of rotatable bonds is 16. The van der Waals surface area contributed by atoms with E-state index in [0.29, 0.717) is 100 Å². The quantitative estimate of drug-likeness (QED) is 0.0700. The van der Waals surface area contributed by atoms with Crippen molar-refractivity contribution in [3.8, 4) is 56.9 Å². The number of carboxylic acids is 1. The Morgan fingerprint density at radius 1 is 0.637 bits per heavy atom. The van der Waals surface area contributed by atoms with Crippen molar-refractivity contribution in [2.75, 3.05) is 57.2 Å². The Kier molecular flexibility index (Phi) is 17.9. The number of nitrogens with zero attached hydrogens (tertiary/aromatic N) is 15. The minimum Gasteiger partial charge on any atom is -0.479 e. The van der Waals surface area contributed by atoms with E-state index in [1.54, 1.807) is 29.2 Å². The van der Waals surface area contributed by atoms with Crippen LogP contribution >= 0.6 is 22.7 Å². The molecule has 2 aliphatic carbocycles. The number of aliphatic carboxylic acids is 1. The molecule has 2 saturated heterocycles. The second-order valence-electron chi connectivity index (χ2n) is 22.6. The molecule has 91 heavy (non-hydrogen) atoms. The summed E-state index contributed by atoms with van der Waals surface area (Å²) in [6.07, 6.45) is 16.4. The van der Waals surface area contributed by atoms with E-state index in [1.165, 1.54) is 46.9 Å². The van der Waals surface area contributed by atoms with E-state index >= 15 is 0 Å². The number of fused-ring (bicyclic) bond motifs is 2. The van der Waals surface area contributed by atoms with Crippen LogP contribution in [0.5, 0.6) is 0 Å². The molecule has 21 nitrogen and oxygen atoms in total. The summed E-state index contributed by atoms with van der Waals surface area (Å²) in [5.41, 5.74) is 7.08. The van der Waals surface area contributed by atoms with Crippen LogP contribution in [0.3, 0.4) is 0 Å². The summed E-state index contributed by atoms with van der Waals surface area (Å²) >= 11 is 2.58. The molecule has 2 aromatic carbocycles. The van der Waals surface area contributed by atoms with Gasteiger partial charge in [-0.3, -0.25) is 18.0 Å². The average molecular weight is 1270 g/mol. The van der Waals surface area contributed by atoms with Gasteiger partial charge in [-0.1, -0.05) is 36.5 Å². The lowest BCUT2D eigenvalue weighted by atomic mass is 9.95. The standard InChI is InChI=1S/C32H29FN8O2S.C28H25FN8S.C4H6O3.CH3F/c1-3-24-29(39(2)31-38-28(25(13-34)44-31)20-4-7-23(33)8-5-20)41-18-21(6-9-27(41)37-24)22-14-35-26(36-15-22)12-19-16-40(17-19)30(42)32(43)10-11-32;1-3-22-27(36(2)28-35-26(23(11-30)38-28)18-4-7-21(29)8-5-18)37-16-19(6-9-25(37)34-22)20-14-32-24(33-15-20)10-17-12-31-13-17;5-3(6)4(7)1-2-4;1-2/h4-9,14-15,18-19,43H,3,10-12,16-17H2,1-2H3;4-9,14-17,31H,3,10,12-13H2,1-2H3;7H,1-2H2,(H,5,6);1H3/i;;;1D. The third-order valence-electron chi connectivity index (χ3n) is 16.2. The summed E-state index contributed by atoms with van der Waals surface area (Å²) in [4.78, 5) is 66.3. The van der Waals surface area contributed by atoms with E-state index in [4.69, 9.17) is 31.5 Å². The van der Waals surface area contributed by atoms with Gasteiger partial charge in [0.2, 0.25) is 0 Å². The highest BCUT2D eigenvalue weighted by Gasteiger charge is 2.52. The monoisotopic (exact) mass is 1270 g/mol. The van der Waals surface area contributed by atoms with Gasteiger partial charge in [0.25, 0.3) is 5.91 Å². The molecule has 466 valence electrons. The van der Waals surface area contributed by atoms with Gasteiger partial charge in [-0.15, -0.1) is 0 Å². The molecular weight excluding hydrogens is 1210 g/mol. The largest absolute Gasteiger partial charge is 0.479 e. The van der Waals surface area contributed by atoms with Crippen molar-refractivity contribution in [1.82, 2.24) is 58.9 Å². The number of pyridine rings is 2. The lowest BCUT2D eigenvalue weighted by Crippen LogP contribution is -2.54. The molecule has 0 unspecified atom stereocenters. The maximum atomic E-state index is 13.5. The Hall–Kier alpha value is -9.57. The molecule has 0 bridgehead atoms. The fourth-order valence-corrected chi connectivity index (χ4v) is 12.3. The zero-order valence-electron chi connectivity index (χ0n) is 51.1. The highest BCUT2D eigenvalue weighted by molar-refractivity contribution is 7.17. The zero-order valence-corrected chi connectivity index (χ0v) is 51.7. The van der Waals surface area contributed by atoms with Crippen molar-refractivity contribution in [3.63, 3.8) is 0 Å². The average Bonchev–Trinajstić information content (AvgIpc) is 1.63. The molecule has 14 rings (SSSR count). The molecule has 10 heterocycles. The van der Waals surface area contributed by atoms with E-state index < -0.39 is 24.3 Å². The van der Waals surface area contributed by atoms with Crippen molar-refractivity contribution in [2.45, 2.75) is 76.4 Å². The van der Waals surface area contributed by atoms with Crippen LogP contribution in [-0.2, 0) is 35.3 Å². The summed E-state index contributed by atoms with van der Waals surface area (Å²) in [5, 5.41) is 50.9. The van der Waals surface area contributed by atoms with Crippen LogP contribution < -0.4 is 15.1 Å². The normalized spacial score (nSPS) is 15.2. The number of alkyl halides is 1. The fraction of sp³-hybridized carbons (Fsp3) is 0.323. The van der Waals surface area contributed by atoms with E-state index in [9.17, 15) is 38.4 Å². The number of aliphatic hydroxyl groups is 2. The predicted molar refractivity (Wildman–Crippen MR) is 339 cm³/mol. The van der Waals surface area contributed by atoms with Gasteiger partial charge in [-0.2, -0.15) is 10.5 Å². The number of anilines is 4. The van der Waals surface area contributed by atoms with Gasteiger partial charge in [-0.25, -0.2) is 53.4 Å². The number of aryl methyl sites for hydroxylation is 2. The van der Waals surface area contributed by atoms with Crippen LogP contribution in [0.15, 0.2) is 110 Å². The molecule has 0 atom stereocenters. The number of benzene rings is 2. The van der Waals surface area contributed by atoms with Gasteiger partial charge in [-0.05, 0) is 130 Å². The smallest absolute Gasteiger partial charge is 0.335 e. The van der Waals surface area contributed by atoms with Gasteiger partial charge >= 0.3 is 5.97 Å². The van der Waals surface area contributed by atoms with Gasteiger partial charge in [0.1, 0.15) is 85.1 Å². The number of amides is 1. The first-order valence-electron chi connectivity index (χ1n) is 30.1. The molecule has 2 aliphatic heterocycles. The van der Waals surface area contributed by atoms with Crippen LogP contribution in [-0.4, -0.2) is 139 Å². The molecule has 8 aromatic heterocycles. The summed E-state index contributed by atoms with van der Waals surface area (Å²) in [5.74, 6) is 2.30. The fourth-order valence-electron chi connectivity index (χ4n) is 10.6. The molecule has 10 aromatic rings. The van der Waals surface area contributed by atoms with Gasteiger partial charge in [0, 0.05) is 117 Å². The molecule has 4 N–H and O–H groups in total. The summed E-state index contributed by atoms with van der Waals surface area (Å²) in [6.45, 7) is 7.42. The number of likely N-dealkylation sites (tertiary alicyclic amines) is 1. The number of carbonyl (C=O) groups is 2. The number of thiazole rings is 2. The molecule has 0 radical (unpaired) electrons. The summed E-state index contributed by atoms with van der Waals surface area (Å²) < 4.78 is 46.6. The maximum Gasteiger partial charge on any atom is 0.335 e. The van der Waals surface area contributed by atoms with Gasteiger partial charge in [0.05, 0.1) is 19.9 Å². The van der Waals surface area contributed by atoms with Crippen molar-refractivity contribution in [2.24, 2.45) is 11.8 Å². The highest BCUT2D eigenvalue weighted by atomic mass is 32.1. The maximum absolute atomic E-state index is 13.5. The molecule has 4 aliphatic rings. The second-order valence-corrected chi connectivity index (χ2v) is 24.6. The van der Waals surface area contributed by atoms with Crippen LogP contribution in [0.1, 0.15) is 73.7 Å². The Morgan fingerprint density at radius 2 is 1.03 bits per heavy atom. The van der Waals surface area contributed by atoms with Crippen LogP contribution in [0.2, 0.25) is 0 Å². The molecule has 2 saturated carbocycles. The number of hydrogen-bond acceptors (Lipinski definition) is 19. The number of nitriles is 2. The molecule has 0 spiro atoms. The number of aromatic nitrogens is 10. The van der Waals surface area contributed by atoms with Gasteiger partial charge < -0.3 is 35.3 Å². The lowest BCUT2D eigenvalue weighted by Gasteiger charge is -2.40. The second kappa shape index (κ2) is 26.5.